The van der Waals surface area contributed by atoms with Gasteiger partial charge in [-0.15, -0.1) is 0 Å². The zero-order valence-electron chi connectivity index (χ0n) is 7.12. The first kappa shape index (κ1) is 7.36. The number of nitrogens with zero attached hydrogens (tertiary/aromatic N) is 1. The summed E-state index contributed by atoms with van der Waals surface area (Å²) in [5.74, 6) is 0.236. The van der Waals surface area contributed by atoms with Crippen LogP contribution < -0.4 is 0 Å². The Kier molecular flexibility index (Phi) is 1.44. The molecule has 0 bridgehead atoms. The van der Waals surface area contributed by atoms with Gasteiger partial charge in [0.2, 0.25) is 0 Å². The number of nitriles is 1. The number of hydrogen-bond acceptors (Lipinski definition) is 1. The zero-order chi connectivity index (χ0) is 8.60. The van der Waals surface area contributed by atoms with Crippen LogP contribution in [0.1, 0.15) is 18.9 Å². The average Bonchev–Trinajstić information content (AvgIpc) is 2.81. The molecule has 0 N–H and O–H groups in total. The molecule has 2 rings (SSSR count). The molecule has 0 radical (unpaired) electrons. The van der Waals surface area contributed by atoms with Crippen molar-refractivity contribution in [1.29, 1.82) is 5.26 Å². The fourth-order valence-electron chi connectivity index (χ4n) is 1.69. The SMILES string of the molecule is CC1(c2ccccc2)CC1C#N. The smallest absolute Gasteiger partial charge is 0.0665 e. The highest BCUT2D eigenvalue weighted by atomic mass is 14.5. The summed E-state index contributed by atoms with van der Waals surface area (Å²) in [6, 6.07) is 12.6. The predicted octanol–water partition coefficient (Wildman–Crippen LogP) is 2.49. The van der Waals surface area contributed by atoms with Crippen molar-refractivity contribution in [2.75, 3.05) is 0 Å². The Morgan fingerprint density at radius 1 is 1.42 bits per heavy atom. The molecule has 0 saturated heterocycles. The van der Waals surface area contributed by atoms with Gasteiger partial charge < -0.3 is 0 Å². The Balaban J connectivity index is 2.30. The number of rotatable bonds is 1. The topological polar surface area (TPSA) is 23.8 Å². The first-order valence-electron chi connectivity index (χ1n) is 4.22. The lowest BCUT2D eigenvalue weighted by Gasteiger charge is -2.07. The van der Waals surface area contributed by atoms with Gasteiger partial charge in [-0.2, -0.15) is 5.26 Å². The van der Waals surface area contributed by atoms with Crippen LogP contribution in [0.25, 0.3) is 0 Å². The van der Waals surface area contributed by atoms with Gasteiger partial charge in [0.25, 0.3) is 0 Å². The highest BCUT2D eigenvalue weighted by molar-refractivity contribution is 5.35. The Bertz CT molecular complexity index is 323. The van der Waals surface area contributed by atoms with Crippen molar-refractivity contribution in [3.63, 3.8) is 0 Å². The molecule has 1 heteroatoms. The van der Waals surface area contributed by atoms with Crippen LogP contribution >= 0.6 is 0 Å². The second-order valence-corrected chi connectivity index (χ2v) is 3.67. The van der Waals surface area contributed by atoms with E-state index in [4.69, 9.17) is 5.26 Å². The van der Waals surface area contributed by atoms with E-state index in [1.165, 1.54) is 5.56 Å². The maximum Gasteiger partial charge on any atom is 0.0665 e. The molecule has 0 aromatic heterocycles. The molecule has 0 amide bonds. The van der Waals surface area contributed by atoms with E-state index in [0.717, 1.165) is 6.42 Å². The lowest BCUT2D eigenvalue weighted by atomic mass is 9.96. The van der Waals surface area contributed by atoms with Crippen LogP contribution in [0, 0.1) is 17.2 Å². The van der Waals surface area contributed by atoms with Gasteiger partial charge in [0, 0.05) is 5.41 Å². The highest BCUT2D eigenvalue weighted by Crippen LogP contribution is 2.53. The summed E-state index contributed by atoms with van der Waals surface area (Å²) < 4.78 is 0. The third-order valence-electron chi connectivity index (χ3n) is 2.83. The molecule has 1 fully saturated rings. The summed E-state index contributed by atoms with van der Waals surface area (Å²) in [6.45, 7) is 2.16. The molecule has 0 aliphatic heterocycles. The van der Waals surface area contributed by atoms with Gasteiger partial charge in [-0.1, -0.05) is 37.3 Å². The fraction of sp³-hybridized carbons (Fsp3) is 0.364. The van der Waals surface area contributed by atoms with Gasteiger partial charge in [0.05, 0.1) is 12.0 Å². The summed E-state index contributed by atoms with van der Waals surface area (Å²) in [6.07, 6.45) is 1.02. The summed E-state index contributed by atoms with van der Waals surface area (Å²) in [5.41, 5.74) is 1.45. The van der Waals surface area contributed by atoms with E-state index in [1.54, 1.807) is 0 Å². The van der Waals surface area contributed by atoms with Crippen LogP contribution in [0.2, 0.25) is 0 Å². The largest absolute Gasteiger partial charge is 0.198 e. The van der Waals surface area contributed by atoms with E-state index in [0.29, 0.717) is 0 Å². The summed E-state index contributed by atoms with van der Waals surface area (Å²) in [4.78, 5) is 0. The third kappa shape index (κ3) is 0.921. The van der Waals surface area contributed by atoms with Crippen molar-refractivity contribution < 1.29 is 0 Å². The van der Waals surface area contributed by atoms with Crippen LogP contribution in [0.5, 0.6) is 0 Å². The molecule has 12 heavy (non-hydrogen) atoms. The molecule has 1 aliphatic rings. The van der Waals surface area contributed by atoms with Gasteiger partial charge in [0.1, 0.15) is 0 Å². The molecule has 0 heterocycles. The lowest BCUT2D eigenvalue weighted by molar-refractivity contribution is 0.742. The van der Waals surface area contributed by atoms with Crippen LogP contribution in [0.4, 0.5) is 0 Å². The molecule has 1 nitrogen and oxygen atoms in total. The normalized spacial score (nSPS) is 32.5. The van der Waals surface area contributed by atoms with E-state index in [1.807, 2.05) is 18.2 Å². The minimum absolute atomic E-state index is 0.149. The van der Waals surface area contributed by atoms with Crippen molar-refractivity contribution >= 4 is 0 Å². The maximum absolute atomic E-state index is 8.75. The molecule has 2 unspecified atom stereocenters. The molecule has 1 aromatic carbocycles. The Labute approximate surface area is 72.6 Å². The van der Waals surface area contributed by atoms with Gasteiger partial charge in [-0.25, -0.2) is 0 Å². The van der Waals surface area contributed by atoms with E-state index in [2.05, 4.69) is 25.1 Å². The molecule has 1 aromatic rings. The van der Waals surface area contributed by atoms with Crippen molar-refractivity contribution in [2.45, 2.75) is 18.8 Å². The molecule has 60 valence electrons. The molecule has 1 saturated carbocycles. The van der Waals surface area contributed by atoms with Gasteiger partial charge >= 0.3 is 0 Å². The fourth-order valence-corrected chi connectivity index (χ4v) is 1.69. The Morgan fingerprint density at radius 3 is 2.58 bits per heavy atom. The highest BCUT2D eigenvalue weighted by Gasteiger charge is 2.51. The lowest BCUT2D eigenvalue weighted by Crippen LogP contribution is -2.02. The van der Waals surface area contributed by atoms with Crippen molar-refractivity contribution in [1.82, 2.24) is 0 Å². The molecule has 0 spiro atoms. The van der Waals surface area contributed by atoms with Crippen LogP contribution in [0.15, 0.2) is 30.3 Å². The average molecular weight is 157 g/mol. The quantitative estimate of drug-likeness (QED) is 0.614. The van der Waals surface area contributed by atoms with E-state index >= 15 is 0 Å². The zero-order valence-corrected chi connectivity index (χ0v) is 7.12. The minimum atomic E-state index is 0.149. The molecule has 2 atom stereocenters. The Morgan fingerprint density at radius 2 is 2.08 bits per heavy atom. The second-order valence-electron chi connectivity index (χ2n) is 3.67. The number of hydrogen-bond donors (Lipinski definition) is 0. The third-order valence-corrected chi connectivity index (χ3v) is 2.83. The minimum Gasteiger partial charge on any atom is -0.198 e. The van der Waals surface area contributed by atoms with Gasteiger partial charge in [-0.3, -0.25) is 0 Å². The summed E-state index contributed by atoms with van der Waals surface area (Å²) >= 11 is 0. The van der Waals surface area contributed by atoms with E-state index < -0.39 is 0 Å². The first-order chi connectivity index (χ1) is 5.77. The van der Waals surface area contributed by atoms with Crippen molar-refractivity contribution in [3.05, 3.63) is 35.9 Å². The predicted molar refractivity (Wildman–Crippen MR) is 47.5 cm³/mol. The van der Waals surface area contributed by atoms with Crippen molar-refractivity contribution in [2.24, 2.45) is 5.92 Å². The second kappa shape index (κ2) is 2.35. The van der Waals surface area contributed by atoms with Gasteiger partial charge in [-0.05, 0) is 12.0 Å². The number of benzene rings is 1. The van der Waals surface area contributed by atoms with Crippen LogP contribution in [0.3, 0.4) is 0 Å². The van der Waals surface area contributed by atoms with E-state index in [-0.39, 0.29) is 11.3 Å². The van der Waals surface area contributed by atoms with Crippen LogP contribution in [-0.2, 0) is 5.41 Å². The molecular formula is C11H11N. The maximum atomic E-state index is 8.75. The Hall–Kier alpha value is -1.29. The van der Waals surface area contributed by atoms with Gasteiger partial charge in [0.15, 0.2) is 0 Å². The van der Waals surface area contributed by atoms with Crippen molar-refractivity contribution in [3.8, 4) is 6.07 Å². The monoisotopic (exact) mass is 157 g/mol. The standard InChI is InChI=1S/C11H11N/c1-11(7-10(11)8-12)9-5-3-2-4-6-9/h2-6,10H,7H2,1H3. The van der Waals surface area contributed by atoms with Crippen LogP contribution in [-0.4, -0.2) is 0 Å². The summed E-state index contributed by atoms with van der Waals surface area (Å²) in [5, 5.41) is 8.75. The van der Waals surface area contributed by atoms with E-state index in [9.17, 15) is 0 Å². The molecular weight excluding hydrogens is 146 g/mol. The summed E-state index contributed by atoms with van der Waals surface area (Å²) in [7, 11) is 0. The first-order valence-corrected chi connectivity index (χ1v) is 4.22. The molecule has 1 aliphatic carbocycles.